The molecule has 1 saturated carbocycles. The predicted molar refractivity (Wildman–Crippen MR) is 153 cm³/mol. The fourth-order valence-electron chi connectivity index (χ4n) is 6.13. The van der Waals surface area contributed by atoms with Crippen LogP contribution in [0.5, 0.6) is 11.6 Å². The maximum absolute atomic E-state index is 16.0. The summed E-state index contributed by atoms with van der Waals surface area (Å²) in [6.07, 6.45) is 1.29. The van der Waals surface area contributed by atoms with E-state index in [4.69, 9.17) is 24.2 Å². The van der Waals surface area contributed by atoms with Crippen molar-refractivity contribution in [2.75, 3.05) is 13.7 Å². The third-order valence-electron chi connectivity index (χ3n) is 8.76. The molecule has 1 saturated heterocycles. The number of hydrogen-bond donors (Lipinski definition) is 1. The SMILES string of the molecule is COc1ccc2nc3c(nc2c1)O[C@H]1CN(C(=O)[C@H](C(C)(C)C)NC(=O)O[C@]2(C)C[C@H]2CCCCC3)[C@H](C(C)=O)[C@@H]1F. The van der Waals surface area contributed by atoms with Gasteiger partial charge in [0.2, 0.25) is 11.8 Å². The Bertz CT molecular complexity index is 1380. The van der Waals surface area contributed by atoms with Gasteiger partial charge in [0.1, 0.15) is 29.1 Å². The maximum atomic E-state index is 16.0. The van der Waals surface area contributed by atoms with Gasteiger partial charge in [0.05, 0.1) is 24.7 Å². The van der Waals surface area contributed by atoms with Gasteiger partial charge < -0.3 is 24.4 Å². The first-order chi connectivity index (χ1) is 19.8. The summed E-state index contributed by atoms with van der Waals surface area (Å²) < 4.78 is 33.3. The van der Waals surface area contributed by atoms with Crippen molar-refractivity contribution in [3.8, 4) is 11.6 Å². The van der Waals surface area contributed by atoms with E-state index in [0.29, 0.717) is 28.9 Å². The highest BCUT2D eigenvalue weighted by atomic mass is 19.1. The number of halogens is 1. The molecule has 42 heavy (non-hydrogen) atoms. The lowest BCUT2D eigenvalue weighted by molar-refractivity contribution is -0.141. The Labute approximate surface area is 245 Å². The Morgan fingerprint density at radius 1 is 1.17 bits per heavy atom. The van der Waals surface area contributed by atoms with E-state index in [2.05, 4.69) is 5.32 Å². The molecule has 11 heteroatoms. The number of ketones is 1. The van der Waals surface area contributed by atoms with Crippen LogP contribution in [0.3, 0.4) is 0 Å². The van der Waals surface area contributed by atoms with Crippen molar-refractivity contribution in [1.29, 1.82) is 0 Å². The number of nitrogens with zero attached hydrogens (tertiary/aromatic N) is 3. The van der Waals surface area contributed by atoms with Crippen molar-refractivity contribution >= 4 is 28.8 Å². The summed E-state index contributed by atoms with van der Waals surface area (Å²) in [5, 5.41) is 2.74. The molecule has 3 aliphatic rings. The molecule has 10 nitrogen and oxygen atoms in total. The fraction of sp³-hybridized carbons (Fsp3) is 0.645. The molecular weight excluding hydrogens is 543 g/mol. The standard InChI is InChI=1S/C31H41FN4O6/c1-17(37)25-24(32)23-16-36(25)28(38)26(30(2,3)4)35-29(39)42-31(5)15-18(31)10-8-7-9-11-21-27(41-23)34-22-14-19(40-6)12-13-20(22)33-21/h12-14,18,23-26H,7-11,15-16H2,1-6H3,(H,35,39)/t18-,23+,24-,25-,26-,31-/m1/s1. The van der Waals surface area contributed by atoms with Crippen LogP contribution < -0.4 is 14.8 Å². The lowest BCUT2D eigenvalue weighted by atomic mass is 9.85. The third kappa shape index (κ3) is 6.01. The van der Waals surface area contributed by atoms with Crippen molar-refractivity contribution in [2.45, 2.75) is 103 Å². The number of methoxy groups -OCH3 is 1. The smallest absolute Gasteiger partial charge is 0.408 e. The van der Waals surface area contributed by atoms with Gasteiger partial charge in [-0.15, -0.1) is 0 Å². The molecule has 3 heterocycles. The quantitative estimate of drug-likeness (QED) is 0.546. The van der Waals surface area contributed by atoms with Crippen LogP contribution in [-0.2, 0) is 20.7 Å². The number of carbonyl (C=O) groups is 3. The highest BCUT2D eigenvalue weighted by molar-refractivity contribution is 5.93. The summed E-state index contributed by atoms with van der Waals surface area (Å²) in [5.74, 6) is -0.0487. The molecule has 2 aromatic rings. The fourth-order valence-corrected chi connectivity index (χ4v) is 6.13. The molecule has 1 N–H and O–H groups in total. The summed E-state index contributed by atoms with van der Waals surface area (Å²) >= 11 is 0. The van der Waals surface area contributed by atoms with Crippen LogP contribution in [0.25, 0.3) is 11.0 Å². The molecule has 1 aromatic carbocycles. The molecule has 6 atom stereocenters. The Hall–Kier alpha value is -3.50. The second-order valence-corrected chi connectivity index (χ2v) is 13.1. The third-order valence-corrected chi connectivity index (χ3v) is 8.76. The van der Waals surface area contributed by atoms with Crippen LogP contribution in [0.15, 0.2) is 18.2 Å². The summed E-state index contributed by atoms with van der Waals surface area (Å²) in [7, 11) is 1.56. The van der Waals surface area contributed by atoms with Crippen LogP contribution in [-0.4, -0.2) is 76.3 Å². The summed E-state index contributed by atoms with van der Waals surface area (Å²) in [6, 6.07) is 2.94. The van der Waals surface area contributed by atoms with Crippen molar-refractivity contribution in [3.63, 3.8) is 0 Å². The lowest BCUT2D eigenvalue weighted by Crippen LogP contribution is -2.57. The van der Waals surface area contributed by atoms with E-state index < -0.39 is 53.2 Å². The van der Waals surface area contributed by atoms with Crippen LogP contribution in [0.1, 0.15) is 72.4 Å². The summed E-state index contributed by atoms with van der Waals surface area (Å²) in [4.78, 5) is 50.4. The highest BCUT2D eigenvalue weighted by Gasteiger charge is 2.55. The topological polar surface area (TPSA) is 120 Å². The van der Waals surface area contributed by atoms with Crippen LogP contribution in [0, 0.1) is 11.3 Å². The summed E-state index contributed by atoms with van der Waals surface area (Å²) in [5.41, 5.74) is 0.463. The van der Waals surface area contributed by atoms with E-state index in [1.54, 1.807) is 40.0 Å². The van der Waals surface area contributed by atoms with Gasteiger partial charge in [-0.2, -0.15) is 0 Å². The first-order valence-corrected chi connectivity index (χ1v) is 14.8. The average molecular weight is 585 g/mol. The molecule has 0 radical (unpaired) electrons. The first kappa shape index (κ1) is 30.0. The van der Waals surface area contributed by atoms with Gasteiger partial charge in [-0.05, 0) is 57.1 Å². The van der Waals surface area contributed by atoms with Crippen molar-refractivity contribution in [3.05, 3.63) is 23.9 Å². The van der Waals surface area contributed by atoms with Crippen molar-refractivity contribution in [2.24, 2.45) is 11.3 Å². The molecule has 2 amide bonds. The number of hydrogen-bond acceptors (Lipinski definition) is 8. The Morgan fingerprint density at radius 2 is 1.93 bits per heavy atom. The van der Waals surface area contributed by atoms with E-state index in [1.807, 2.05) is 13.0 Å². The average Bonchev–Trinajstić information content (AvgIpc) is 3.43. The number of ether oxygens (including phenoxy) is 3. The zero-order valence-corrected chi connectivity index (χ0v) is 25.2. The minimum atomic E-state index is -1.80. The van der Waals surface area contributed by atoms with E-state index in [1.165, 1.54) is 11.8 Å². The number of Topliss-reactive ketones (excluding diaryl/α,β-unsaturated/α-hetero) is 1. The first-order valence-electron chi connectivity index (χ1n) is 14.8. The molecule has 228 valence electrons. The van der Waals surface area contributed by atoms with E-state index in [0.717, 1.165) is 32.1 Å². The van der Waals surface area contributed by atoms with Gasteiger partial charge >= 0.3 is 6.09 Å². The molecular formula is C31H41FN4O6. The van der Waals surface area contributed by atoms with Crippen molar-refractivity contribution in [1.82, 2.24) is 20.2 Å². The Balaban J connectivity index is 1.52. The highest BCUT2D eigenvalue weighted by Crippen LogP contribution is 2.49. The van der Waals surface area contributed by atoms with E-state index in [-0.39, 0.29) is 18.3 Å². The number of nitrogens with one attached hydrogen (secondary N) is 1. The second kappa shape index (κ2) is 11.3. The second-order valence-electron chi connectivity index (χ2n) is 13.1. The van der Waals surface area contributed by atoms with Gasteiger partial charge in [0.25, 0.3) is 0 Å². The number of amides is 2. The summed E-state index contributed by atoms with van der Waals surface area (Å²) in [6.45, 7) is 8.38. The number of carbonyl (C=O) groups excluding carboxylic acids is 3. The molecule has 0 unspecified atom stereocenters. The molecule has 0 spiro atoms. The number of benzene rings is 1. The van der Waals surface area contributed by atoms with Gasteiger partial charge in [0, 0.05) is 12.0 Å². The number of alkyl halides is 1. The number of rotatable bonds is 2. The Kier molecular flexibility index (Phi) is 8.06. The van der Waals surface area contributed by atoms with Gasteiger partial charge in [-0.25, -0.2) is 19.2 Å². The largest absolute Gasteiger partial charge is 0.497 e. The van der Waals surface area contributed by atoms with Crippen LogP contribution in [0.4, 0.5) is 9.18 Å². The maximum Gasteiger partial charge on any atom is 0.408 e. The van der Waals surface area contributed by atoms with Crippen molar-refractivity contribution < 1.29 is 33.0 Å². The Morgan fingerprint density at radius 3 is 2.62 bits per heavy atom. The zero-order chi connectivity index (χ0) is 30.4. The zero-order valence-electron chi connectivity index (χ0n) is 25.2. The number of fused-ring (bicyclic) bond motifs is 5. The predicted octanol–water partition coefficient (Wildman–Crippen LogP) is 4.56. The number of alkyl carbamates (subject to hydrolysis) is 1. The molecule has 1 aliphatic carbocycles. The minimum Gasteiger partial charge on any atom is -0.497 e. The van der Waals surface area contributed by atoms with E-state index in [9.17, 15) is 14.4 Å². The van der Waals surface area contributed by atoms with Gasteiger partial charge in [-0.3, -0.25) is 9.59 Å². The molecule has 2 bridgehead atoms. The number of aryl methyl sites for hydroxylation is 1. The lowest BCUT2D eigenvalue weighted by Gasteiger charge is -2.35. The molecule has 2 fully saturated rings. The normalized spacial score (nSPS) is 30.6. The molecule has 5 rings (SSSR count). The number of aromatic nitrogens is 2. The minimum absolute atomic E-state index is 0.185. The van der Waals surface area contributed by atoms with E-state index >= 15 is 4.39 Å². The molecule has 1 aromatic heterocycles. The van der Waals surface area contributed by atoms with Crippen LogP contribution in [0.2, 0.25) is 0 Å². The van der Waals surface area contributed by atoms with Gasteiger partial charge in [-0.1, -0.05) is 33.6 Å². The molecule has 2 aliphatic heterocycles. The van der Waals surface area contributed by atoms with Gasteiger partial charge in [0.15, 0.2) is 18.1 Å². The monoisotopic (exact) mass is 584 g/mol. The van der Waals surface area contributed by atoms with Crippen LogP contribution >= 0.6 is 0 Å².